The molecule has 1 aliphatic heterocycles. The summed E-state index contributed by atoms with van der Waals surface area (Å²) < 4.78 is 0. The molecule has 3 nitrogen and oxygen atoms in total. The Morgan fingerprint density at radius 2 is 2.00 bits per heavy atom. The number of carbonyl (C=O) groups is 1. The molecule has 1 aliphatic rings. The van der Waals surface area contributed by atoms with Gasteiger partial charge in [0.05, 0.1) is 5.52 Å². The molecule has 1 aromatic carbocycles. The summed E-state index contributed by atoms with van der Waals surface area (Å²) in [5.74, 6) is 2.21. The van der Waals surface area contributed by atoms with Gasteiger partial charge in [0.15, 0.2) is 0 Å². The van der Waals surface area contributed by atoms with Crippen molar-refractivity contribution >= 4 is 28.6 Å². The van der Waals surface area contributed by atoms with E-state index in [-0.39, 0.29) is 5.91 Å². The maximum absolute atomic E-state index is 12.5. The Labute approximate surface area is 110 Å². The number of hydrogen-bond donors (Lipinski definition) is 0. The molecule has 1 fully saturated rings. The molecule has 92 valence electrons. The summed E-state index contributed by atoms with van der Waals surface area (Å²) in [6.45, 7) is 1.69. The van der Waals surface area contributed by atoms with E-state index in [1.165, 1.54) is 0 Å². The van der Waals surface area contributed by atoms with Crippen molar-refractivity contribution in [1.29, 1.82) is 0 Å². The number of aromatic nitrogens is 1. The summed E-state index contributed by atoms with van der Waals surface area (Å²) >= 11 is 1.91. The molecule has 2 aromatic rings. The number of fused-ring (bicyclic) bond motifs is 1. The van der Waals surface area contributed by atoms with Crippen LogP contribution in [0.3, 0.4) is 0 Å². The van der Waals surface area contributed by atoms with E-state index < -0.39 is 0 Å². The van der Waals surface area contributed by atoms with Gasteiger partial charge >= 0.3 is 0 Å². The van der Waals surface area contributed by atoms with Crippen molar-refractivity contribution in [2.24, 2.45) is 0 Å². The van der Waals surface area contributed by atoms with E-state index in [9.17, 15) is 4.79 Å². The van der Waals surface area contributed by atoms with Crippen LogP contribution in [-0.4, -0.2) is 40.4 Å². The van der Waals surface area contributed by atoms with Gasteiger partial charge in [-0.2, -0.15) is 11.8 Å². The number of amides is 1. The van der Waals surface area contributed by atoms with Crippen LogP contribution in [-0.2, 0) is 0 Å². The highest BCUT2D eigenvalue weighted by Crippen LogP contribution is 2.20. The Hall–Kier alpha value is -1.55. The van der Waals surface area contributed by atoms with E-state index in [0.717, 1.165) is 41.1 Å². The fourth-order valence-corrected chi connectivity index (χ4v) is 3.13. The van der Waals surface area contributed by atoms with Crippen LogP contribution in [0.4, 0.5) is 0 Å². The maximum atomic E-state index is 12.5. The Bertz CT molecular complexity index is 574. The van der Waals surface area contributed by atoms with E-state index in [1.54, 1.807) is 6.20 Å². The van der Waals surface area contributed by atoms with Gasteiger partial charge in [0.1, 0.15) is 0 Å². The topological polar surface area (TPSA) is 33.2 Å². The molecule has 2 heterocycles. The first-order valence-corrected chi connectivity index (χ1v) is 7.22. The molecule has 0 atom stereocenters. The number of carbonyl (C=O) groups excluding carboxylic acids is 1. The molecule has 0 aliphatic carbocycles. The molecule has 0 radical (unpaired) electrons. The fourth-order valence-electron chi connectivity index (χ4n) is 2.23. The zero-order valence-corrected chi connectivity index (χ0v) is 10.8. The van der Waals surface area contributed by atoms with Crippen LogP contribution in [0.15, 0.2) is 36.5 Å². The smallest absolute Gasteiger partial charge is 0.254 e. The van der Waals surface area contributed by atoms with Crippen molar-refractivity contribution < 1.29 is 4.79 Å². The predicted octanol–water partition coefficient (Wildman–Crippen LogP) is 2.42. The minimum absolute atomic E-state index is 0.133. The highest BCUT2D eigenvalue weighted by molar-refractivity contribution is 7.99. The van der Waals surface area contributed by atoms with Crippen LogP contribution < -0.4 is 0 Å². The molecule has 1 aromatic heterocycles. The number of rotatable bonds is 1. The van der Waals surface area contributed by atoms with Gasteiger partial charge in [0.2, 0.25) is 0 Å². The van der Waals surface area contributed by atoms with Gasteiger partial charge in [0, 0.05) is 41.7 Å². The normalized spacial score (nSPS) is 15.9. The highest BCUT2D eigenvalue weighted by Gasteiger charge is 2.19. The van der Waals surface area contributed by atoms with Gasteiger partial charge in [0.25, 0.3) is 5.91 Å². The third kappa shape index (κ3) is 2.08. The summed E-state index contributed by atoms with van der Waals surface area (Å²) in [6.07, 6.45) is 1.76. The molecule has 1 amide bonds. The van der Waals surface area contributed by atoms with Crippen molar-refractivity contribution in [2.45, 2.75) is 0 Å². The Morgan fingerprint density at radius 1 is 1.17 bits per heavy atom. The standard InChI is InChI=1S/C14H14N2OS/c17-14(16-7-9-18-10-8-16)12-3-1-5-13-11(12)4-2-6-15-13/h1-6H,7-10H2. The average Bonchev–Trinajstić information content (AvgIpc) is 2.47. The predicted molar refractivity (Wildman–Crippen MR) is 75.0 cm³/mol. The van der Waals surface area contributed by atoms with Gasteiger partial charge in [-0.05, 0) is 18.2 Å². The van der Waals surface area contributed by atoms with E-state index in [1.807, 2.05) is 47.0 Å². The lowest BCUT2D eigenvalue weighted by atomic mass is 10.1. The van der Waals surface area contributed by atoms with Crippen LogP contribution in [0, 0.1) is 0 Å². The molecule has 18 heavy (non-hydrogen) atoms. The molecule has 0 saturated carbocycles. The lowest BCUT2D eigenvalue weighted by molar-refractivity contribution is 0.0774. The average molecular weight is 258 g/mol. The van der Waals surface area contributed by atoms with Crippen molar-refractivity contribution in [2.75, 3.05) is 24.6 Å². The lowest BCUT2D eigenvalue weighted by Crippen LogP contribution is -2.37. The highest BCUT2D eigenvalue weighted by atomic mass is 32.2. The van der Waals surface area contributed by atoms with Gasteiger partial charge < -0.3 is 4.90 Å². The molecule has 0 spiro atoms. The SMILES string of the molecule is O=C(c1cccc2ncccc12)N1CCSCC1. The van der Waals surface area contributed by atoms with E-state index in [2.05, 4.69) is 4.98 Å². The Morgan fingerprint density at radius 3 is 2.83 bits per heavy atom. The zero-order chi connectivity index (χ0) is 12.4. The lowest BCUT2D eigenvalue weighted by Gasteiger charge is -2.26. The van der Waals surface area contributed by atoms with Gasteiger partial charge in [-0.3, -0.25) is 9.78 Å². The number of benzene rings is 1. The quantitative estimate of drug-likeness (QED) is 0.787. The number of thioether (sulfide) groups is 1. The van der Waals surface area contributed by atoms with Crippen LogP contribution in [0.2, 0.25) is 0 Å². The van der Waals surface area contributed by atoms with Crippen LogP contribution in [0.5, 0.6) is 0 Å². The number of hydrogen-bond acceptors (Lipinski definition) is 3. The summed E-state index contributed by atoms with van der Waals surface area (Å²) in [7, 11) is 0. The van der Waals surface area contributed by atoms with E-state index >= 15 is 0 Å². The number of nitrogens with zero attached hydrogens (tertiary/aromatic N) is 2. The second-order valence-electron chi connectivity index (χ2n) is 4.28. The van der Waals surface area contributed by atoms with Crippen molar-refractivity contribution in [1.82, 2.24) is 9.88 Å². The molecular weight excluding hydrogens is 244 g/mol. The monoisotopic (exact) mass is 258 g/mol. The summed E-state index contributed by atoms with van der Waals surface area (Å²) in [6, 6.07) is 9.59. The second kappa shape index (κ2) is 4.98. The summed E-state index contributed by atoms with van der Waals surface area (Å²) in [4.78, 5) is 18.7. The zero-order valence-electron chi connectivity index (χ0n) is 10.0. The van der Waals surface area contributed by atoms with Gasteiger partial charge in [-0.15, -0.1) is 0 Å². The van der Waals surface area contributed by atoms with Crippen LogP contribution in [0.25, 0.3) is 10.9 Å². The van der Waals surface area contributed by atoms with Crippen molar-refractivity contribution in [3.8, 4) is 0 Å². The molecule has 0 bridgehead atoms. The van der Waals surface area contributed by atoms with Crippen molar-refractivity contribution in [3.05, 3.63) is 42.1 Å². The largest absolute Gasteiger partial charge is 0.337 e. The first kappa shape index (κ1) is 11.5. The maximum Gasteiger partial charge on any atom is 0.254 e. The van der Waals surface area contributed by atoms with E-state index in [4.69, 9.17) is 0 Å². The molecule has 4 heteroatoms. The first-order valence-electron chi connectivity index (χ1n) is 6.07. The third-order valence-corrected chi connectivity index (χ3v) is 4.12. The van der Waals surface area contributed by atoms with Crippen molar-refractivity contribution in [3.63, 3.8) is 0 Å². The van der Waals surface area contributed by atoms with Crippen LogP contribution in [0.1, 0.15) is 10.4 Å². The first-order chi connectivity index (χ1) is 8.86. The fraction of sp³-hybridized carbons (Fsp3) is 0.286. The third-order valence-electron chi connectivity index (χ3n) is 3.17. The molecule has 3 rings (SSSR count). The van der Waals surface area contributed by atoms with Crippen LogP contribution >= 0.6 is 11.8 Å². The molecule has 0 unspecified atom stereocenters. The second-order valence-corrected chi connectivity index (χ2v) is 5.50. The Balaban J connectivity index is 2.00. The van der Waals surface area contributed by atoms with Gasteiger partial charge in [-0.25, -0.2) is 0 Å². The minimum atomic E-state index is 0.133. The minimum Gasteiger partial charge on any atom is -0.337 e. The summed E-state index contributed by atoms with van der Waals surface area (Å²) in [5.41, 5.74) is 1.65. The van der Waals surface area contributed by atoms with E-state index in [0.29, 0.717) is 0 Å². The Kier molecular flexibility index (Phi) is 3.19. The summed E-state index contributed by atoms with van der Waals surface area (Å²) in [5, 5.41) is 0.947. The van der Waals surface area contributed by atoms with Gasteiger partial charge in [-0.1, -0.05) is 12.1 Å². The molecular formula is C14H14N2OS. The number of pyridine rings is 1. The molecule has 1 saturated heterocycles. The molecule has 0 N–H and O–H groups in total.